The molecule has 0 aromatic carbocycles. The van der Waals surface area contributed by atoms with Crippen LogP contribution in [0.15, 0.2) is 0 Å². The van der Waals surface area contributed by atoms with E-state index < -0.39 is 11.6 Å². The van der Waals surface area contributed by atoms with Gasteiger partial charge in [-0.2, -0.15) is 0 Å². The Balaban J connectivity index is 2.82. The van der Waals surface area contributed by atoms with Gasteiger partial charge in [-0.05, 0) is 27.7 Å². The van der Waals surface area contributed by atoms with Crippen LogP contribution in [0, 0.1) is 0 Å². The Morgan fingerprint density at radius 1 is 1.56 bits per heavy atom. The lowest BCUT2D eigenvalue weighted by atomic mass is 9.95. The standard InChI is InChI=1S/C11H19NO4/c1-10(2,3)12-7-11(4,5-9(14)15)16-6-8(12)13/h5-7H2,1-4H3,(H,14,15). The van der Waals surface area contributed by atoms with Gasteiger partial charge in [0.1, 0.15) is 6.61 Å². The number of aliphatic carboxylic acids is 1. The van der Waals surface area contributed by atoms with Gasteiger partial charge in [-0.3, -0.25) is 9.59 Å². The second-order valence-electron chi connectivity index (χ2n) is 5.46. The van der Waals surface area contributed by atoms with Crippen molar-refractivity contribution in [3.8, 4) is 0 Å². The first-order chi connectivity index (χ1) is 7.14. The average Bonchev–Trinajstić information content (AvgIpc) is 2.06. The number of hydrogen-bond acceptors (Lipinski definition) is 3. The van der Waals surface area contributed by atoms with Crippen molar-refractivity contribution in [2.75, 3.05) is 13.2 Å². The van der Waals surface area contributed by atoms with Gasteiger partial charge in [0, 0.05) is 5.54 Å². The normalized spacial score (nSPS) is 27.0. The molecule has 1 rings (SSSR count). The molecule has 1 heterocycles. The first-order valence-electron chi connectivity index (χ1n) is 5.30. The fourth-order valence-electron chi connectivity index (χ4n) is 1.82. The molecule has 5 nitrogen and oxygen atoms in total. The predicted octanol–water partition coefficient (Wildman–Crippen LogP) is 0.877. The number of morpholine rings is 1. The number of rotatable bonds is 2. The number of ether oxygens (including phenoxy) is 1. The Hall–Kier alpha value is -1.10. The topological polar surface area (TPSA) is 66.8 Å². The van der Waals surface area contributed by atoms with Crippen molar-refractivity contribution in [2.45, 2.75) is 45.3 Å². The highest BCUT2D eigenvalue weighted by atomic mass is 16.5. The van der Waals surface area contributed by atoms with Crippen LogP contribution in [0.1, 0.15) is 34.1 Å². The van der Waals surface area contributed by atoms with E-state index in [1.807, 2.05) is 20.8 Å². The lowest BCUT2D eigenvalue weighted by molar-refractivity contribution is -0.175. The largest absolute Gasteiger partial charge is 0.481 e. The summed E-state index contributed by atoms with van der Waals surface area (Å²) in [6, 6.07) is 0. The fraction of sp³-hybridized carbons (Fsp3) is 0.818. The number of carboxylic acids is 1. The number of carbonyl (C=O) groups is 2. The van der Waals surface area contributed by atoms with E-state index in [4.69, 9.17) is 9.84 Å². The first-order valence-corrected chi connectivity index (χ1v) is 5.30. The van der Waals surface area contributed by atoms with Crippen molar-refractivity contribution in [3.63, 3.8) is 0 Å². The molecular formula is C11H19NO4. The molecule has 0 saturated carbocycles. The third kappa shape index (κ3) is 2.95. The van der Waals surface area contributed by atoms with Crippen LogP contribution in [0.4, 0.5) is 0 Å². The minimum Gasteiger partial charge on any atom is -0.481 e. The van der Waals surface area contributed by atoms with Gasteiger partial charge in [-0.1, -0.05) is 0 Å². The molecule has 0 aromatic rings. The molecule has 5 heteroatoms. The number of nitrogens with zero attached hydrogens (tertiary/aromatic N) is 1. The van der Waals surface area contributed by atoms with Crippen LogP contribution in [0.3, 0.4) is 0 Å². The van der Waals surface area contributed by atoms with Crippen molar-refractivity contribution in [2.24, 2.45) is 0 Å². The molecule has 1 fully saturated rings. The van der Waals surface area contributed by atoms with Crippen LogP contribution in [0.25, 0.3) is 0 Å². The lowest BCUT2D eigenvalue weighted by Gasteiger charge is -2.45. The Kier molecular flexibility index (Phi) is 3.28. The maximum atomic E-state index is 11.7. The van der Waals surface area contributed by atoms with Crippen LogP contribution in [-0.4, -0.2) is 46.2 Å². The summed E-state index contributed by atoms with van der Waals surface area (Å²) >= 11 is 0. The molecule has 1 amide bonds. The molecule has 1 unspecified atom stereocenters. The van der Waals surface area contributed by atoms with Gasteiger partial charge in [-0.25, -0.2) is 0 Å². The van der Waals surface area contributed by atoms with E-state index in [1.165, 1.54) is 0 Å². The SMILES string of the molecule is CC1(CC(=O)O)CN(C(C)(C)C)C(=O)CO1. The van der Waals surface area contributed by atoms with E-state index in [-0.39, 0.29) is 24.5 Å². The molecule has 0 spiro atoms. The van der Waals surface area contributed by atoms with Gasteiger partial charge in [0.15, 0.2) is 0 Å². The van der Waals surface area contributed by atoms with E-state index in [1.54, 1.807) is 11.8 Å². The summed E-state index contributed by atoms with van der Waals surface area (Å²) in [5, 5.41) is 8.80. The smallest absolute Gasteiger partial charge is 0.306 e. The molecule has 1 saturated heterocycles. The second kappa shape index (κ2) is 4.05. The Bertz CT molecular complexity index is 308. The highest BCUT2D eigenvalue weighted by molar-refractivity contribution is 5.79. The molecule has 0 aromatic heterocycles. The van der Waals surface area contributed by atoms with E-state index in [0.29, 0.717) is 6.54 Å². The van der Waals surface area contributed by atoms with E-state index in [9.17, 15) is 9.59 Å². The zero-order valence-electron chi connectivity index (χ0n) is 10.2. The van der Waals surface area contributed by atoms with E-state index in [0.717, 1.165) is 0 Å². The zero-order chi connectivity index (χ0) is 12.6. The molecule has 1 N–H and O–H groups in total. The molecule has 1 aliphatic rings. The number of hydrogen-bond donors (Lipinski definition) is 1. The van der Waals surface area contributed by atoms with E-state index in [2.05, 4.69) is 0 Å². The second-order valence-corrected chi connectivity index (χ2v) is 5.46. The first kappa shape index (κ1) is 13.0. The molecule has 1 aliphatic heterocycles. The van der Waals surface area contributed by atoms with Gasteiger partial charge in [0.2, 0.25) is 5.91 Å². The molecule has 0 radical (unpaired) electrons. The molecule has 16 heavy (non-hydrogen) atoms. The molecule has 92 valence electrons. The van der Waals surface area contributed by atoms with Crippen molar-refractivity contribution < 1.29 is 19.4 Å². The summed E-state index contributed by atoms with van der Waals surface area (Å²) in [6.07, 6.45) is -0.0904. The Morgan fingerprint density at radius 2 is 2.12 bits per heavy atom. The minimum absolute atomic E-state index is 0.0406. The monoisotopic (exact) mass is 229 g/mol. The third-order valence-corrected chi connectivity index (χ3v) is 2.67. The summed E-state index contributed by atoms with van der Waals surface area (Å²) < 4.78 is 5.34. The molecular weight excluding hydrogens is 210 g/mol. The fourth-order valence-corrected chi connectivity index (χ4v) is 1.82. The van der Waals surface area contributed by atoms with Crippen LogP contribution in [0.5, 0.6) is 0 Å². The lowest BCUT2D eigenvalue weighted by Crippen LogP contribution is -2.59. The maximum absolute atomic E-state index is 11.7. The number of carboxylic acid groups (broad SMARTS) is 1. The van der Waals surface area contributed by atoms with Crippen LogP contribution < -0.4 is 0 Å². The molecule has 0 aliphatic carbocycles. The predicted molar refractivity (Wildman–Crippen MR) is 58.1 cm³/mol. The van der Waals surface area contributed by atoms with Gasteiger partial charge in [-0.15, -0.1) is 0 Å². The molecule has 1 atom stereocenters. The van der Waals surface area contributed by atoms with Gasteiger partial charge >= 0.3 is 5.97 Å². The number of carbonyl (C=O) groups excluding carboxylic acids is 1. The van der Waals surface area contributed by atoms with Crippen molar-refractivity contribution >= 4 is 11.9 Å². The van der Waals surface area contributed by atoms with Gasteiger partial charge in [0.05, 0.1) is 18.6 Å². The van der Waals surface area contributed by atoms with Gasteiger partial charge in [0.25, 0.3) is 0 Å². The highest BCUT2D eigenvalue weighted by Crippen LogP contribution is 2.27. The quantitative estimate of drug-likeness (QED) is 0.763. The van der Waals surface area contributed by atoms with Crippen molar-refractivity contribution in [1.29, 1.82) is 0 Å². The van der Waals surface area contributed by atoms with Crippen LogP contribution >= 0.6 is 0 Å². The van der Waals surface area contributed by atoms with Crippen LogP contribution in [0.2, 0.25) is 0 Å². The summed E-state index contributed by atoms with van der Waals surface area (Å²) in [6.45, 7) is 7.79. The summed E-state index contributed by atoms with van der Waals surface area (Å²) in [7, 11) is 0. The van der Waals surface area contributed by atoms with E-state index >= 15 is 0 Å². The average molecular weight is 229 g/mol. The maximum Gasteiger partial charge on any atom is 0.306 e. The van der Waals surface area contributed by atoms with Crippen molar-refractivity contribution in [1.82, 2.24) is 4.90 Å². The summed E-state index contributed by atoms with van der Waals surface area (Å²) in [5.74, 6) is -0.999. The highest BCUT2D eigenvalue weighted by Gasteiger charge is 2.41. The Labute approximate surface area is 95.4 Å². The third-order valence-electron chi connectivity index (χ3n) is 2.67. The summed E-state index contributed by atoms with van der Waals surface area (Å²) in [4.78, 5) is 24.1. The van der Waals surface area contributed by atoms with Gasteiger partial charge < -0.3 is 14.7 Å². The molecule has 0 bridgehead atoms. The summed E-state index contributed by atoms with van der Waals surface area (Å²) in [5.41, 5.74) is -1.09. The van der Waals surface area contributed by atoms with Crippen molar-refractivity contribution in [3.05, 3.63) is 0 Å². The zero-order valence-corrected chi connectivity index (χ0v) is 10.2. The Morgan fingerprint density at radius 3 is 2.56 bits per heavy atom. The number of amides is 1. The minimum atomic E-state index is -0.911. The van der Waals surface area contributed by atoms with Crippen LogP contribution in [-0.2, 0) is 14.3 Å².